The van der Waals surface area contributed by atoms with Crippen molar-refractivity contribution in [1.82, 2.24) is 48.2 Å². The number of nitro groups is 1. The summed E-state index contributed by atoms with van der Waals surface area (Å²) in [6, 6.07) is 53.4. The van der Waals surface area contributed by atoms with Gasteiger partial charge in [0, 0.05) is 185 Å². The van der Waals surface area contributed by atoms with E-state index in [1.54, 1.807) is 46.4 Å². The molecule has 0 saturated carbocycles. The highest BCUT2D eigenvalue weighted by molar-refractivity contribution is 6.34. The zero-order chi connectivity index (χ0) is 96.2. The van der Waals surface area contributed by atoms with Gasteiger partial charge in [-0.25, -0.2) is 23.7 Å². The number of rotatable bonds is 17. The maximum absolute atomic E-state index is 14.7. The van der Waals surface area contributed by atoms with Crippen molar-refractivity contribution in [3.8, 4) is 33.4 Å². The number of fused-ring (bicyclic) bond motifs is 7. The number of benzene rings is 8. The van der Waals surface area contributed by atoms with Crippen molar-refractivity contribution in [3.63, 3.8) is 0 Å². The number of hydrogen-bond donors (Lipinski definition) is 3. The molecule has 21 nitrogen and oxygen atoms in total. The van der Waals surface area contributed by atoms with Crippen LogP contribution in [0, 0.1) is 35.6 Å². The van der Waals surface area contributed by atoms with Crippen LogP contribution in [0.5, 0.6) is 0 Å². The summed E-state index contributed by atoms with van der Waals surface area (Å²) in [5.74, 6) is -2.58. The number of Topliss-reactive ketones (excluding diaryl/α,β-unsaturated/α-hetero) is 5. The van der Waals surface area contributed by atoms with Gasteiger partial charge in [-0.05, 0) is 165 Å². The van der Waals surface area contributed by atoms with E-state index in [-0.39, 0.29) is 96.6 Å². The van der Waals surface area contributed by atoms with Crippen molar-refractivity contribution in [1.29, 1.82) is 0 Å². The molecule has 0 spiro atoms. The van der Waals surface area contributed by atoms with Crippen molar-refractivity contribution < 1.29 is 64.0 Å². The monoisotopic (exact) mass is 1900 g/mol. The lowest BCUT2D eigenvalue weighted by Crippen LogP contribution is -2.13. The second kappa shape index (κ2) is 37.5. The fourth-order valence-corrected chi connectivity index (χ4v) is 17.8. The molecule has 10 aromatic heterocycles. The third-order valence-corrected chi connectivity index (χ3v) is 24.5. The van der Waals surface area contributed by atoms with E-state index in [0.29, 0.717) is 101 Å². The normalized spacial score (nSPS) is 12.2. The number of carbonyl (C=O) groups is 5. The fourth-order valence-electron chi connectivity index (χ4n) is 17.1. The second-order valence-corrected chi connectivity index (χ2v) is 33.4. The van der Waals surface area contributed by atoms with Crippen LogP contribution in [-0.2, 0) is 43.3 Å². The number of ketones is 5. The summed E-state index contributed by atoms with van der Waals surface area (Å²) in [5.41, 5.74) is 6.41. The quantitative estimate of drug-likeness (QED) is 0.0252. The first-order valence-corrected chi connectivity index (χ1v) is 43.0. The number of aromatic nitrogens is 10. The molecule has 1 aliphatic rings. The summed E-state index contributed by atoms with van der Waals surface area (Å²) in [4.78, 5) is 134. The van der Waals surface area contributed by atoms with E-state index < -0.39 is 75.0 Å². The van der Waals surface area contributed by atoms with Crippen LogP contribution in [0.2, 0.25) is 20.5 Å². The van der Waals surface area contributed by atoms with Crippen molar-refractivity contribution in [2.24, 2.45) is 0 Å². The molecule has 0 amide bonds. The third-order valence-electron chi connectivity index (χ3n) is 23.1. The Bertz CT molecular complexity index is 8310. The number of H-pyrrole nitrogens is 3. The molecule has 0 atom stereocenters. The van der Waals surface area contributed by atoms with E-state index in [2.05, 4.69) is 29.9 Å². The van der Waals surface area contributed by atoms with E-state index >= 15 is 0 Å². The van der Waals surface area contributed by atoms with Crippen LogP contribution in [0.1, 0.15) is 126 Å². The van der Waals surface area contributed by atoms with Gasteiger partial charge >= 0.3 is 12.4 Å². The van der Waals surface area contributed by atoms with Crippen LogP contribution in [0.25, 0.3) is 115 Å². The summed E-state index contributed by atoms with van der Waals surface area (Å²) in [7, 11) is 0. The highest BCUT2D eigenvalue weighted by Crippen LogP contribution is 2.45. The molecule has 0 radical (unpaired) electrons. The zero-order valence-corrected chi connectivity index (χ0v) is 74.8. The number of carbonyl (C=O) groups excluding carboxylic acids is 5. The largest absolute Gasteiger partial charge is 0.416 e. The molecule has 8 aromatic carbocycles. The first kappa shape index (κ1) is 93.1. The Morgan fingerprint density at radius 1 is 0.415 bits per heavy atom. The number of nitro benzene ring substituents is 1. The van der Waals surface area contributed by atoms with Gasteiger partial charge in [0.1, 0.15) is 27.1 Å². The molecule has 0 saturated heterocycles. The van der Waals surface area contributed by atoms with Crippen molar-refractivity contribution in [2.75, 3.05) is 0 Å². The van der Waals surface area contributed by atoms with Gasteiger partial charge in [0.25, 0.3) is 22.4 Å². The molecule has 0 unspecified atom stereocenters. The molecular weight excluding hydrogens is 1830 g/mol. The predicted molar refractivity (Wildman–Crippen MR) is 507 cm³/mol. The Kier molecular flexibility index (Phi) is 25.8. The Labute approximate surface area is 779 Å². The van der Waals surface area contributed by atoms with Gasteiger partial charge in [0.05, 0.1) is 92.6 Å². The lowest BCUT2D eigenvalue weighted by atomic mass is 9.92. The number of aromatic amines is 3. The topological polar surface area (TPSA) is 285 Å². The molecule has 18 aromatic rings. The average molecular weight is 1900 g/mol. The van der Waals surface area contributed by atoms with E-state index in [1.807, 2.05) is 127 Å². The molecule has 33 heteroatoms. The lowest BCUT2D eigenvalue weighted by molar-refractivity contribution is -0.385. The van der Waals surface area contributed by atoms with Crippen LogP contribution >= 0.6 is 46.4 Å². The minimum absolute atomic E-state index is 0.0166. The number of non-ortho nitro benzene ring substituents is 1. The van der Waals surface area contributed by atoms with E-state index in [1.165, 1.54) is 81.2 Å². The SMILES string of the molecule is CC(=O)c1c(-c2ccc[nH]c2=O)c2cc(C(F)(F)F)ccc2n1Cc1cc([N+](=O)[O-])ccc1F.CC(=O)c1c(-c2ccc[nH]c2=O)c2cc(C(F)(F)F)ccc2n1Cc1cc2ccccc2nc1Cl.CC(=O)c1c(-c2ccc[nH]c2=O)c2cc(C)c(F)cc2n1Cc1cc2ccccc2nc1Cl.CC(=O)c1c(C2=CC=CCC2=O)c2cc(C)c(Cl)cc2n1Cc1cc2ccccc2nc1Cl. The Morgan fingerprint density at radius 3 is 1.16 bits per heavy atom. The first-order valence-electron chi connectivity index (χ1n) is 41.5. The van der Waals surface area contributed by atoms with Gasteiger partial charge in [-0.2, -0.15) is 26.3 Å². The number of para-hydroxylation sites is 3. The molecule has 0 bridgehead atoms. The summed E-state index contributed by atoms with van der Waals surface area (Å²) in [5, 5.41) is 16.9. The number of alkyl halides is 6. The minimum Gasteiger partial charge on any atom is -0.333 e. The Morgan fingerprint density at radius 2 is 0.778 bits per heavy atom. The summed E-state index contributed by atoms with van der Waals surface area (Å²) in [6.07, 6.45) is 0.756. The highest BCUT2D eigenvalue weighted by Gasteiger charge is 2.37. The molecule has 0 fully saturated rings. The van der Waals surface area contributed by atoms with Gasteiger partial charge in [0.2, 0.25) is 0 Å². The summed E-state index contributed by atoms with van der Waals surface area (Å²) < 4.78 is 117. The number of nitrogens with zero attached hydrogens (tertiary/aromatic N) is 8. The fraction of sp³-hybridized carbons (Fsp3) is 0.127. The molecule has 0 aliphatic heterocycles. The van der Waals surface area contributed by atoms with E-state index in [0.717, 1.165) is 97.8 Å². The first-order chi connectivity index (χ1) is 64.3. The third kappa shape index (κ3) is 18.4. The molecule has 3 N–H and O–H groups in total. The number of nitrogens with one attached hydrogen (secondary N) is 3. The second-order valence-electron chi connectivity index (χ2n) is 32.0. The Hall–Kier alpha value is -15.2. The number of halogens is 12. The molecule has 135 heavy (non-hydrogen) atoms. The molecule has 10 heterocycles. The van der Waals surface area contributed by atoms with E-state index in [9.17, 15) is 83.6 Å². The van der Waals surface area contributed by atoms with Gasteiger partial charge in [-0.1, -0.05) is 119 Å². The number of hydrogen-bond acceptors (Lipinski definition) is 13. The highest BCUT2D eigenvalue weighted by atomic mass is 35.5. The maximum Gasteiger partial charge on any atom is 0.416 e. The van der Waals surface area contributed by atoms with Crippen molar-refractivity contribution in [3.05, 3.63) is 389 Å². The van der Waals surface area contributed by atoms with Crippen LogP contribution in [-0.4, -0.2) is 82.0 Å². The summed E-state index contributed by atoms with van der Waals surface area (Å²) in [6.45, 7) is 9.19. The molecule has 1 aliphatic carbocycles. The average Bonchev–Trinajstić information content (AvgIpc) is 1.60. The van der Waals surface area contributed by atoms with Gasteiger partial charge < -0.3 is 33.2 Å². The molecule has 19 rings (SSSR count). The van der Waals surface area contributed by atoms with Crippen molar-refractivity contribution >= 4 is 163 Å². The van der Waals surface area contributed by atoms with Crippen LogP contribution in [0.3, 0.4) is 0 Å². The standard InChI is InChI=1S/C27H20Cl2N2O2.C26H17ClF3N3O2.C26H19ClFN3O2.C23H15F4N3O4/c1-15-11-20-23(13-21(15)28)31(14-18-12-17-7-3-5-9-22(17)30-27(18)29)26(16(2)32)25(20)19-8-4-6-10-24(19)33;1-14(34)23-22(18-6-4-10-31-25(18)35)19-12-17(26(28,29)30)8-9-21(19)33(23)13-16-11-15-5-2-3-7-20(15)32-24(16)27;1-14-10-19-22(12-20(14)28)31(13-17-11-16-6-3-4-8-21(16)30-25(17)27)24(15(2)32)23(19)18-7-5-9-29-26(18)33;1-12(31)21-20(16-3-2-8-28-22(16)32)17-10-14(23(25,26)27)4-7-19(17)29(21)11-13-9-15(30(33)34)5-6-18(13)24/h3-9,11-13H,10,14H2,1-2H3;2-12H,13H2,1H3,(H,31,35);3-12H,13H2,1-2H3,(H,29,33);2-10H,11H2,1H3,(H,28,32). The molecular formula is C102H71Cl4F8N11O10. The van der Waals surface area contributed by atoms with Crippen molar-refractivity contribution in [2.45, 2.75) is 86.5 Å². The van der Waals surface area contributed by atoms with Crippen LogP contribution in [0.4, 0.5) is 40.8 Å². The van der Waals surface area contributed by atoms with Crippen LogP contribution in [0.15, 0.2) is 257 Å². The smallest absolute Gasteiger partial charge is 0.333 e. The van der Waals surface area contributed by atoms with Crippen LogP contribution < -0.4 is 16.7 Å². The lowest BCUT2D eigenvalue weighted by Gasteiger charge is -2.13. The van der Waals surface area contributed by atoms with Gasteiger partial charge in [-0.15, -0.1) is 0 Å². The maximum atomic E-state index is 14.7. The minimum atomic E-state index is -4.70. The van der Waals surface area contributed by atoms with Gasteiger partial charge in [0.15, 0.2) is 28.9 Å². The van der Waals surface area contributed by atoms with E-state index in [4.69, 9.17) is 46.4 Å². The molecule has 678 valence electrons. The zero-order valence-electron chi connectivity index (χ0n) is 71.8. The number of aryl methyl sites for hydroxylation is 2. The Balaban J connectivity index is 0.000000131. The predicted octanol–water partition coefficient (Wildman–Crippen LogP) is 24.6. The van der Waals surface area contributed by atoms with Gasteiger partial charge in [-0.3, -0.25) is 48.5 Å². The number of pyridine rings is 6. The summed E-state index contributed by atoms with van der Waals surface area (Å²) >= 11 is 26.0. The number of allylic oxidation sites excluding steroid dienone is 4.